The maximum Gasteiger partial charge on any atom is 0.412 e. The summed E-state index contributed by atoms with van der Waals surface area (Å²) < 4.78 is 14.0. The number of hydrogen-bond acceptors (Lipinski definition) is 4. The summed E-state index contributed by atoms with van der Waals surface area (Å²) in [5.41, 5.74) is 2.13. The molecule has 0 aliphatic carbocycles. The number of rotatable bonds is 5. The average Bonchev–Trinajstić information content (AvgIpc) is 3.25. The van der Waals surface area contributed by atoms with Gasteiger partial charge in [0.05, 0.1) is 11.2 Å². The van der Waals surface area contributed by atoms with Gasteiger partial charge in [-0.1, -0.05) is 48.5 Å². The Morgan fingerprint density at radius 3 is 2.26 bits per heavy atom. The van der Waals surface area contributed by atoms with E-state index in [0.717, 1.165) is 14.5 Å². The Labute approximate surface area is 212 Å². The molecule has 1 N–H and O–H groups in total. The molecule has 0 bridgehead atoms. The predicted octanol–water partition coefficient (Wildman–Crippen LogP) is 6.86. The second-order valence-electron chi connectivity index (χ2n) is 8.76. The maximum atomic E-state index is 13.3. The lowest BCUT2D eigenvalue weighted by molar-refractivity contribution is 0.0635. The molecule has 0 aliphatic heterocycles. The van der Waals surface area contributed by atoms with Gasteiger partial charge in [0.1, 0.15) is 18.0 Å². The molecule has 1 heterocycles. The first-order valence-electron chi connectivity index (χ1n) is 10.8. The highest BCUT2D eigenvalue weighted by Crippen LogP contribution is 2.37. The number of fused-ring (bicyclic) bond motifs is 1. The van der Waals surface area contributed by atoms with Crippen molar-refractivity contribution in [2.75, 3.05) is 5.32 Å². The van der Waals surface area contributed by atoms with E-state index in [1.807, 2.05) is 75.4 Å². The second-order valence-corrected chi connectivity index (χ2v) is 9.84. The molecule has 7 heteroatoms. The van der Waals surface area contributed by atoms with Crippen LogP contribution in [-0.2, 0) is 11.3 Å². The minimum atomic E-state index is -0.627. The van der Waals surface area contributed by atoms with E-state index in [1.165, 1.54) is 0 Å². The van der Waals surface area contributed by atoms with Crippen LogP contribution < -0.4 is 10.1 Å². The van der Waals surface area contributed by atoms with Crippen LogP contribution in [0.3, 0.4) is 0 Å². The summed E-state index contributed by atoms with van der Waals surface area (Å²) in [6, 6.07) is 22.5. The minimum Gasteiger partial charge on any atom is -0.487 e. The molecule has 6 nitrogen and oxygen atoms in total. The molecule has 4 rings (SSSR count). The van der Waals surface area contributed by atoms with Gasteiger partial charge >= 0.3 is 6.09 Å². The lowest BCUT2D eigenvalue weighted by Gasteiger charge is -2.20. The molecular weight excluding hydrogens is 543 g/mol. The van der Waals surface area contributed by atoms with Gasteiger partial charge in [0.15, 0.2) is 0 Å². The molecule has 0 unspecified atom stereocenters. The number of carbonyl (C=O) groups is 2. The third-order valence-corrected chi connectivity index (χ3v) is 6.14. The van der Waals surface area contributed by atoms with Crippen LogP contribution in [-0.4, -0.2) is 22.2 Å². The number of halogens is 1. The smallest absolute Gasteiger partial charge is 0.412 e. The molecule has 174 valence electrons. The number of nitrogens with one attached hydrogen (secondary N) is 1. The topological polar surface area (TPSA) is 69.6 Å². The van der Waals surface area contributed by atoms with Crippen molar-refractivity contribution in [2.24, 2.45) is 0 Å². The van der Waals surface area contributed by atoms with Gasteiger partial charge in [0, 0.05) is 26.8 Å². The molecule has 1 aromatic heterocycles. The SMILES string of the molecule is CC(C)(C)OC(=O)Nc1cc(OCc2ccccc2)c2c(ccn2C(=O)c2ccccc2)c1I. The molecule has 0 spiro atoms. The van der Waals surface area contributed by atoms with E-state index < -0.39 is 11.7 Å². The summed E-state index contributed by atoms with van der Waals surface area (Å²) >= 11 is 2.17. The van der Waals surface area contributed by atoms with E-state index in [2.05, 4.69) is 27.9 Å². The van der Waals surface area contributed by atoms with E-state index in [-0.39, 0.29) is 5.91 Å². The Kier molecular flexibility index (Phi) is 6.92. The van der Waals surface area contributed by atoms with Crippen LogP contribution in [0.25, 0.3) is 10.9 Å². The van der Waals surface area contributed by atoms with Crippen LogP contribution in [0.4, 0.5) is 10.5 Å². The summed E-state index contributed by atoms with van der Waals surface area (Å²) in [6.07, 6.45) is 1.17. The van der Waals surface area contributed by atoms with E-state index >= 15 is 0 Å². The van der Waals surface area contributed by atoms with Crippen molar-refractivity contribution < 1.29 is 19.1 Å². The van der Waals surface area contributed by atoms with Crippen LogP contribution in [0.15, 0.2) is 79.0 Å². The predicted molar refractivity (Wildman–Crippen MR) is 141 cm³/mol. The highest BCUT2D eigenvalue weighted by atomic mass is 127. The standard InChI is InChI=1S/C27H25IN2O4/c1-27(2,3)34-26(32)29-21-16-22(33-17-18-10-6-4-7-11-18)24-20(23(21)28)14-15-30(24)25(31)19-12-8-5-9-13-19/h4-16H,17H2,1-3H3,(H,29,32). The van der Waals surface area contributed by atoms with Crippen molar-refractivity contribution in [1.82, 2.24) is 4.57 Å². The zero-order chi connectivity index (χ0) is 24.3. The van der Waals surface area contributed by atoms with Gasteiger partial charge < -0.3 is 9.47 Å². The Balaban J connectivity index is 1.77. The van der Waals surface area contributed by atoms with Gasteiger partial charge in [0.25, 0.3) is 5.91 Å². The number of ether oxygens (including phenoxy) is 2. The Hall–Kier alpha value is -3.33. The van der Waals surface area contributed by atoms with Crippen LogP contribution >= 0.6 is 22.6 Å². The van der Waals surface area contributed by atoms with E-state index in [1.54, 1.807) is 29.0 Å². The summed E-state index contributed by atoms with van der Waals surface area (Å²) in [5.74, 6) is 0.323. The van der Waals surface area contributed by atoms with Crippen LogP contribution in [0, 0.1) is 3.57 Å². The van der Waals surface area contributed by atoms with Crippen LogP contribution in [0.1, 0.15) is 36.7 Å². The fourth-order valence-electron chi connectivity index (χ4n) is 3.51. The first kappa shape index (κ1) is 23.8. The number of carbonyl (C=O) groups excluding carboxylic acids is 2. The van der Waals surface area contributed by atoms with Crippen LogP contribution in [0.2, 0.25) is 0 Å². The van der Waals surface area contributed by atoms with Crippen molar-refractivity contribution in [3.8, 4) is 5.75 Å². The van der Waals surface area contributed by atoms with Crippen molar-refractivity contribution in [3.05, 3.63) is 93.7 Å². The molecule has 0 aliphatic rings. The molecule has 1 amide bonds. The molecule has 0 saturated heterocycles. The average molecular weight is 568 g/mol. The number of aromatic nitrogens is 1. The lowest BCUT2D eigenvalue weighted by atomic mass is 10.2. The van der Waals surface area contributed by atoms with Gasteiger partial charge in [-0.25, -0.2) is 4.79 Å². The second kappa shape index (κ2) is 9.89. The molecule has 34 heavy (non-hydrogen) atoms. The van der Waals surface area contributed by atoms with Gasteiger partial charge in [-0.3, -0.25) is 14.7 Å². The summed E-state index contributed by atoms with van der Waals surface area (Å²) in [5, 5.41) is 3.62. The Morgan fingerprint density at radius 2 is 1.62 bits per heavy atom. The van der Waals surface area contributed by atoms with Gasteiger partial charge in [-0.2, -0.15) is 0 Å². The van der Waals surface area contributed by atoms with Crippen molar-refractivity contribution in [1.29, 1.82) is 0 Å². The van der Waals surface area contributed by atoms with Crippen LogP contribution in [0.5, 0.6) is 5.75 Å². The zero-order valence-corrected chi connectivity index (χ0v) is 21.3. The monoisotopic (exact) mass is 568 g/mol. The fourth-order valence-corrected chi connectivity index (χ4v) is 4.23. The van der Waals surface area contributed by atoms with E-state index in [4.69, 9.17) is 9.47 Å². The van der Waals surface area contributed by atoms with Gasteiger partial charge in [-0.15, -0.1) is 0 Å². The molecule has 4 aromatic rings. The lowest BCUT2D eigenvalue weighted by Crippen LogP contribution is -2.27. The zero-order valence-electron chi connectivity index (χ0n) is 19.2. The molecular formula is C27H25IN2O4. The fraction of sp³-hybridized carbons (Fsp3) is 0.185. The first-order chi connectivity index (χ1) is 16.2. The normalized spacial score (nSPS) is 11.3. The van der Waals surface area contributed by atoms with Crippen molar-refractivity contribution in [3.63, 3.8) is 0 Å². The third-order valence-electron chi connectivity index (χ3n) is 4.98. The molecule has 0 saturated carbocycles. The number of amides is 1. The van der Waals surface area contributed by atoms with Gasteiger partial charge in [-0.05, 0) is 67.1 Å². The number of hydrogen-bond donors (Lipinski definition) is 1. The first-order valence-corrected chi connectivity index (χ1v) is 11.9. The summed E-state index contributed by atoms with van der Waals surface area (Å²) in [6.45, 7) is 5.74. The Bertz CT molecular complexity index is 1330. The quantitative estimate of drug-likeness (QED) is 0.267. The largest absolute Gasteiger partial charge is 0.487 e. The molecule has 0 atom stereocenters. The van der Waals surface area contributed by atoms with Crippen molar-refractivity contribution in [2.45, 2.75) is 33.0 Å². The number of nitrogens with zero attached hydrogens (tertiary/aromatic N) is 1. The maximum absolute atomic E-state index is 13.3. The molecule has 0 fully saturated rings. The minimum absolute atomic E-state index is 0.163. The summed E-state index contributed by atoms with van der Waals surface area (Å²) in [7, 11) is 0. The number of benzene rings is 3. The molecule has 0 radical (unpaired) electrons. The van der Waals surface area contributed by atoms with E-state index in [9.17, 15) is 9.59 Å². The number of anilines is 1. The van der Waals surface area contributed by atoms with Gasteiger partial charge in [0.2, 0.25) is 0 Å². The van der Waals surface area contributed by atoms with Crippen molar-refractivity contribution >= 4 is 51.2 Å². The Morgan fingerprint density at radius 1 is 0.971 bits per heavy atom. The highest BCUT2D eigenvalue weighted by Gasteiger charge is 2.22. The van der Waals surface area contributed by atoms with E-state index in [0.29, 0.717) is 29.1 Å². The highest BCUT2D eigenvalue weighted by molar-refractivity contribution is 14.1. The third kappa shape index (κ3) is 5.41. The summed E-state index contributed by atoms with van der Waals surface area (Å²) in [4.78, 5) is 25.8. The molecule has 3 aromatic carbocycles.